The van der Waals surface area contributed by atoms with Crippen LogP contribution in [0.25, 0.3) is 0 Å². The van der Waals surface area contributed by atoms with E-state index in [-0.39, 0.29) is 12.2 Å². The van der Waals surface area contributed by atoms with Gasteiger partial charge in [0.2, 0.25) is 0 Å². The fourth-order valence-electron chi connectivity index (χ4n) is 0.652. The number of hydrogen-bond donors (Lipinski definition) is 2. The van der Waals surface area contributed by atoms with Gasteiger partial charge in [0.15, 0.2) is 5.67 Å². The molecule has 1 aliphatic rings. The summed E-state index contributed by atoms with van der Waals surface area (Å²) in [4.78, 5) is 9.60. The SMILES string of the molecule is CC(C)(C)OC=O.OCC1(F)CNC1. The summed E-state index contributed by atoms with van der Waals surface area (Å²) < 4.78 is 16.9. The Bertz CT molecular complexity index is 170. The lowest BCUT2D eigenvalue weighted by Crippen LogP contribution is -2.58. The van der Waals surface area contributed by atoms with Crippen LogP contribution in [0.1, 0.15) is 20.8 Å². The molecule has 84 valence electrons. The number of ether oxygens (including phenoxy) is 1. The number of rotatable bonds is 2. The maximum atomic E-state index is 12.3. The van der Waals surface area contributed by atoms with E-state index in [0.717, 1.165) is 0 Å². The third-order valence-electron chi connectivity index (χ3n) is 1.57. The van der Waals surface area contributed by atoms with Gasteiger partial charge in [-0.1, -0.05) is 0 Å². The molecule has 0 atom stereocenters. The molecule has 1 fully saturated rings. The zero-order chi connectivity index (χ0) is 11.2. The minimum absolute atomic E-state index is 0.309. The average molecular weight is 207 g/mol. The summed E-state index contributed by atoms with van der Waals surface area (Å²) >= 11 is 0. The van der Waals surface area contributed by atoms with E-state index in [4.69, 9.17) is 5.11 Å². The van der Waals surface area contributed by atoms with Crippen molar-refractivity contribution in [3.63, 3.8) is 0 Å². The molecule has 0 aromatic carbocycles. The Balaban J connectivity index is 0.000000241. The van der Waals surface area contributed by atoms with E-state index in [2.05, 4.69) is 10.1 Å². The number of carbonyl (C=O) groups excluding carboxylic acids is 1. The second-order valence-corrected chi connectivity index (χ2v) is 4.24. The Morgan fingerprint density at radius 2 is 2.07 bits per heavy atom. The van der Waals surface area contributed by atoms with Crippen LogP contribution >= 0.6 is 0 Å². The average Bonchev–Trinajstić information content (AvgIpc) is 1.99. The highest BCUT2D eigenvalue weighted by molar-refractivity contribution is 5.37. The monoisotopic (exact) mass is 207 g/mol. The van der Waals surface area contributed by atoms with Gasteiger partial charge in [-0.3, -0.25) is 4.79 Å². The molecule has 0 aliphatic carbocycles. The van der Waals surface area contributed by atoms with Crippen LogP contribution in [0.2, 0.25) is 0 Å². The summed E-state index contributed by atoms with van der Waals surface area (Å²) in [6.45, 7) is 6.19. The van der Waals surface area contributed by atoms with Crippen LogP contribution in [0, 0.1) is 0 Å². The summed E-state index contributed by atoms with van der Waals surface area (Å²) in [6.07, 6.45) is 0. The smallest absolute Gasteiger partial charge is 0.293 e. The number of aliphatic hydroxyl groups is 1. The number of hydrogen-bond acceptors (Lipinski definition) is 4. The first-order valence-electron chi connectivity index (χ1n) is 4.45. The van der Waals surface area contributed by atoms with E-state index >= 15 is 0 Å². The molecule has 0 spiro atoms. The first-order chi connectivity index (χ1) is 6.33. The minimum Gasteiger partial charge on any atom is -0.462 e. The quantitative estimate of drug-likeness (QED) is 0.637. The first-order valence-corrected chi connectivity index (χ1v) is 4.45. The first kappa shape index (κ1) is 13.3. The van der Waals surface area contributed by atoms with Crippen molar-refractivity contribution in [2.45, 2.75) is 32.0 Å². The van der Waals surface area contributed by atoms with Crippen molar-refractivity contribution < 1.29 is 19.0 Å². The van der Waals surface area contributed by atoms with E-state index in [9.17, 15) is 9.18 Å². The van der Waals surface area contributed by atoms with Crippen molar-refractivity contribution in [1.82, 2.24) is 5.32 Å². The van der Waals surface area contributed by atoms with Gasteiger partial charge in [0.25, 0.3) is 6.47 Å². The van der Waals surface area contributed by atoms with Gasteiger partial charge < -0.3 is 15.2 Å². The molecule has 0 unspecified atom stereocenters. The van der Waals surface area contributed by atoms with Crippen LogP contribution in [0.15, 0.2) is 0 Å². The fourth-order valence-corrected chi connectivity index (χ4v) is 0.652. The number of halogens is 1. The second-order valence-electron chi connectivity index (χ2n) is 4.24. The van der Waals surface area contributed by atoms with Gasteiger partial charge in [-0.25, -0.2) is 4.39 Å². The van der Waals surface area contributed by atoms with Gasteiger partial charge in [0.05, 0.1) is 6.61 Å². The Morgan fingerprint density at radius 3 is 2.07 bits per heavy atom. The van der Waals surface area contributed by atoms with E-state index in [1.54, 1.807) is 0 Å². The Morgan fingerprint density at radius 1 is 1.57 bits per heavy atom. The summed E-state index contributed by atoms with van der Waals surface area (Å²) in [5.74, 6) is 0. The van der Waals surface area contributed by atoms with Gasteiger partial charge in [0.1, 0.15) is 5.60 Å². The predicted molar refractivity (Wildman–Crippen MR) is 50.7 cm³/mol. The molecule has 1 heterocycles. The Hall–Kier alpha value is -0.680. The van der Waals surface area contributed by atoms with Crippen molar-refractivity contribution >= 4 is 6.47 Å². The molecule has 1 rings (SSSR count). The van der Waals surface area contributed by atoms with Gasteiger partial charge in [-0.2, -0.15) is 0 Å². The molecule has 5 heteroatoms. The zero-order valence-electron chi connectivity index (χ0n) is 8.84. The van der Waals surface area contributed by atoms with E-state index in [0.29, 0.717) is 19.6 Å². The fraction of sp³-hybridized carbons (Fsp3) is 0.889. The molecule has 0 radical (unpaired) electrons. The van der Waals surface area contributed by atoms with Gasteiger partial charge in [-0.05, 0) is 20.8 Å². The third kappa shape index (κ3) is 5.88. The molecular formula is C9H18FNO3. The summed E-state index contributed by atoms with van der Waals surface area (Å²) in [7, 11) is 0. The predicted octanol–water partition coefficient (Wildman–Crippen LogP) is 0.248. The number of aliphatic hydroxyl groups excluding tert-OH is 1. The van der Waals surface area contributed by atoms with Crippen molar-refractivity contribution in [3.8, 4) is 0 Å². The lowest BCUT2D eigenvalue weighted by Gasteiger charge is -2.32. The zero-order valence-corrected chi connectivity index (χ0v) is 8.84. The molecule has 0 bridgehead atoms. The van der Waals surface area contributed by atoms with Gasteiger partial charge in [0, 0.05) is 13.1 Å². The molecular weight excluding hydrogens is 189 g/mol. The molecule has 14 heavy (non-hydrogen) atoms. The van der Waals surface area contributed by atoms with Crippen LogP contribution in [-0.4, -0.2) is 42.5 Å². The van der Waals surface area contributed by atoms with E-state index < -0.39 is 5.67 Å². The highest BCUT2D eigenvalue weighted by Gasteiger charge is 2.35. The van der Waals surface area contributed by atoms with E-state index in [1.165, 1.54) is 0 Å². The van der Waals surface area contributed by atoms with Gasteiger partial charge >= 0.3 is 0 Å². The second kappa shape index (κ2) is 5.26. The molecule has 4 nitrogen and oxygen atoms in total. The molecule has 2 N–H and O–H groups in total. The molecule has 0 aromatic heterocycles. The molecule has 0 amide bonds. The number of nitrogens with one attached hydrogen (secondary N) is 1. The highest BCUT2D eigenvalue weighted by atomic mass is 19.1. The normalized spacial score (nSPS) is 18.6. The lowest BCUT2D eigenvalue weighted by molar-refractivity contribution is -0.138. The van der Waals surface area contributed by atoms with Crippen molar-refractivity contribution in [1.29, 1.82) is 0 Å². The summed E-state index contributed by atoms with van der Waals surface area (Å²) in [5.41, 5.74) is -1.61. The maximum absolute atomic E-state index is 12.3. The van der Waals surface area contributed by atoms with Crippen molar-refractivity contribution in [2.24, 2.45) is 0 Å². The van der Waals surface area contributed by atoms with Crippen molar-refractivity contribution in [3.05, 3.63) is 0 Å². The molecule has 0 saturated carbocycles. The number of alkyl halides is 1. The van der Waals surface area contributed by atoms with Gasteiger partial charge in [-0.15, -0.1) is 0 Å². The Kier molecular flexibility index (Phi) is 5.01. The molecule has 0 aromatic rings. The summed E-state index contributed by atoms with van der Waals surface area (Å²) in [6, 6.07) is 0. The maximum Gasteiger partial charge on any atom is 0.293 e. The van der Waals surface area contributed by atoms with Crippen LogP contribution in [0.3, 0.4) is 0 Å². The van der Waals surface area contributed by atoms with Crippen LogP contribution in [-0.2, 0) is 9.53 Å². The number of carbonyl (C=O) groups is 1. The standard InChI is InChI=1S/C5H10O2.C4H8FNO/c1-5(2,3)7-4-6;5-4(3-7)1-6-2-4/h4H,1-3H3;6-7H,1-3H2. The molecule has 1 saturated heterocycles. The topological polar surface area (TPSA) is 58.6 Å². The highest BCUT2D eigenvalue weighted by Crippen LogP contribution is 2.13. The van der Waals surface area contributed by atoms with Crippen LogP contribution in [0.4, 0.5) is 4.39 Å². The molecule has 1 aliphatic heterocycles. The summed E-state index contributed by atoms with van der Waals surface area (Å²) in [5, 5.41) is 10.9. The third-order valence-corrected chi connectivity index (χ3v) is 1.57. The van der Waals surface area contributed by atoms with E-state index in [1.807, 2.05) is 20.8 Å². The minimum atomic E-state index is -1.29. The van der Waals surface area contributed by atoms with Crippen LogP contribution in [0.5, 0.6) is 0 Å². The largest absolute Gasteiger partial charge is 0.462 e. The Labute approximate surface area is 83.4 Å². The van der Waals surface area contributed by atoms with Crippen molar-refractivity contribution in [2.75, 3.05) is 19.7 Å². The van der Waals surface area contributed by atoms with Crippen LogP contribution < -0.4 is 5.32 Å². The lowest BCUT2D eigenvalue weighted by atomic mass is 10.0.